The van der Waals surface area contributed by atoms with Crippen molar-refractivity contribution in [2.75, 3.05) is 32.9 Å². The Bertz CT molecular complexity index is 640. The lowest BCUT2D eigenvalue weighted by atomic mass is 9.91. The van der Waals surface area contributed by atoms with Crippen molar-refractivity contribution in [2.24, 2.45) is 11.7 Å². The number of ether oxygens (including phenoxy) is 2. The highest BCUT2D eigenvalue weighted by molar-refractivity contribution is 5.93. The third kappa shape index (κ3) is 5.71. The van der Waals surface area contributed by atoms with Gasteiger partial charge in [-0.3, -0.25) is 9.59 Å². The number of primary amides is 1. The van der Waals surface area contributed by atoms with Crippen molar-refractivity contribution in [1.29, 1.82) is 0 Å². The third-order valence-electron chi connectivity index (χ3n) is 5.31. The molecule has 1 aromatic heterocycles. The second-order valence-electron chi connectivity index (χ2n) is 7.28. The Morgan fingerprint density at radius 3 is 2.78 bits per heavy atom. The maximum Gasteiger partial charge on any atom is 0.252 e. The van der Waals surface area contributed by atoms with Crippen LogP contribution in [0.5, 0.6) is 0 Å². The van der Waals surface area contributed by atoms with Crippen molar-refractivity contribution >= 4 is 11.8 Å². The molecule has 3 rings (SSSR count). The zero-order chi connectivity index (χ0) is 19.1. The van der Waals surface area contributed by atoms with E-state index in [4.69, 9.17) is 15.2 Å². The Morgan fingerprint density at radius 1 is 1.26 bits per heavy atom. The van der Waals surface area contributed by atoms with Crippen molar-refractivity contribution in [3.8, 4) is 0 Å². The van der Waals surface area contributed by atoms with Gasteiger partial charge in [-0.05, 0) is 44.4 Å². The summed E-state index contributed by atoms with van der Waals surface area (Å²) in [6.07, 6.45) is 8.75. The van der Waals surface area contributed by atoms with Crippen molar-refractivity contribution in [2.45, 2.75) is 44.6 Å². The maximum atomic E-state index is 12.3. The van der Waals surface area contributed by atoms with Gasteiger partial charge in [-0.1, -0.05) is 0 Å². The maximum absolute atomic E-state index is 12.3. The molecule has 3 heterocycles. The summed E-state index contributed by atoms with van der Waals surface area (Å²) in [6, 6.07) is 0. The first-order valence-corrected chi connectivity index (χ1v) is 9.69. The summed E-state index contributed by atoms with van der Waals surface area (Å²) in [7, 11) is 0. The minimum Gasteiger partial charge on any atom is -0.376 e. The number of carbonyl (C=O) groups excluding carboxylic acids is 2. The van der Waals surface area contributed by atoms with Gasteiger partial charge in [0.25, 0.3) is 5.91 Å². The molecule has 2 amide bonds. The van der Waals surface area contributed by atoms with Crippen molar-refractivity contribution < 1.29 is 19.1 Å². The van der Waals surface area contributed by atoms with E-state index in [9.17, 15) is 9.59 Å². The minimum atomic E-state index is -0.502. The van der Waals surface area contributed by atoms with Crippen LogP contribution in [0.1, 0.15) is 48.2 Å². The Labute approximate surface area is 159 Å². The summed E-state index contributed by atoms with van der Waals surface area (Å²) >= 11 is 0. The molecule has 2 fully saturated rings. The number of nitrogens with zero attached hydrogens (tertiary/aromatic N) is 3. The monoisotopic (exact) mass is 376 g/mol. The lowest BCUT2D eigenvalue weighted by molar-refractivity contribution is -0.139. The fourth-order valence-electron chi connectivity index (χ4n) is 3.69. The van der Waals surface area contributed by atoms with E-state index in [2.05, 4.69) is 9.97 Å². The highest BCUT2D eigenvalue weighted by atomic mass is 16.5. The van der Waals surface area contributed by atoms with E-state index in [1.807, 2.05) is 4.90 Å². The van der Waals surface area contributed by atoms with Gasteiger partial charge in [0.1, 0.15) is 12.9 Å². The minimum absolute atomic E-state index is 0.0316. The van der Waals surface area contributed by atoms with Gasteiger partial charge < -0.3 is 20.1 Å². The van der Waals surface area contributed by atoms with Crippen molar-refractivity contribution in [3.05, 3.63) is 23.8 Å². The largest absolute Gasteiger partial charge is 0.376 e. The first kappa shape index (κ1) is 19.7. The number of hydrogen-bond donors (Lipinski definition) is 1. The fourth-order valence-corrected chi connectivity index (χ4v) is 3.69. The standard InChI is InChI=1S/C19H28N4O4/c20-19(25)16-10-21-13-22-17(16)9-14-4-6-23(7-5-14)18(24)12-26-11-15-3-1-2-8-27-15/h10,13-15H,1-9,11-12H2,(H2,20,25). The molecular weight excluding hydrogens is 348 g/mol. The highest BCUT2D eigenvalue weighted by Crippen LogP contribution is 2.22. The number of carbonyl (C=O) groups is 2. The molecule has 8 heteroatoms. The number of amides is 2. The van der Waals surface area contributed by atoms with Gasteiger partial charge in [-0.15, -0.1) is 0 Å². The van der Waals surface area contributed by atoms with Crippen LogP contribution in [0.4, 0.5) is 0 Å². The molecule has 27 heavy (non-hydrogen) atoms. The Morgan fingerprint density at radius 2 is 2.07 bits per heavy atom. The van der Waals surface area contributed by atoms with Crippen LogP contribution in [0.25, 0.3) is 0 Å². The molecule has 1 unspecified atom stereocenters. The molecule has 2 aliphatic rings. The van der Waals surface area contributed by atoms with Crippen molar-refractivity contribution in [1.82, 2.24) is 14.9 Å². The Kier molecular flexibility index (Phi) is 7.11. The van der Waals surface area contributed by atoms with E-state index in [1.54, 1.807) is 0 Å². The first-order valence-electron chi connectivity index (χ1n) is 9.69. The van der Waals surface area contributed by atoms with Crippen LogP contribution in [0.3, 0.4) is 0 Å². The molecule has 0 bridgehead atoms. The zero-order valence-corrected chi connectivity index (χ0v) is 15.6. The van der Waals surface area contributed by atoms with Gasteiger partial charge >= 0.3 is 0 Å². The van der Waals surface area contributed by atoms with Gasteiger partial charge in [-0.2, -0.15) is 0 Å². The van der Waals surface area contributed by atoms with E-state index < -0.39 is 5.91 Å². The van der Waals surface area contributed by atoms with E-state index in [1.165, 1.54) is 18.9 Å². The summed E-state index contributed by atoms with van der Waals surface area (Å²) in [5, 5.41) is 0. The molecule has 2 saturated heterocycles. The number of aromatic nitrogens is 2. The van der Waals surface area contributed by atoms with Crippen molar-refractivity contribution in [3.63, 3.8) is 0 Å². The summed E-state index contributed by atoms with van der Waals surface area (Å²) < 4.78 is 11.2. The van der Waals surface area contributed by atoms with Crippen LogP contribution in [0.15, 0.2) is 12.5 Å². The number of hydrogen-bond acceptors (Lipinski definition) is 6. The van der Waals surface area contributed by atoms with Crippen LogP contribution in [0.2, 0.25) is 0 Å². The topological polar surface area (TPSA) is 108 Å². The summed E-state index contributed by atoms with van der Waals surface area (Å²) in [5.41, 5.74) is 6.46. The lowest BCUT2D eigenvalue weighted by Crippen LogP contribution is -2.41. The van der Waals surface area contributed by atoms with Crippen LogP contribution in [-0.4, -0.2) is 65.7 Å². The number of nitrogens with two attached hydrogens (primary N) is 1. The molecule has 1 atom stereocenters. The molecule has 0 spiro atoms. The molecule has 8 nitrogen and oxygen atoms in total. The van der Waals surface area contributed by atoms with Gasteiger partial charge in [0.05, 0.1) is 24.0 Å². The fraction of sp³-hybridized carbons (Fsp3) is 0.684. The van der Waals surface area contributed by atoms with Gasteiger partial charge in [0.15, 0.2) is 0 Å². The molecule has 1 aromatic rings. The molecule has 148 valence electrons. The Balaban J connectivity index is 1.39. The normalized spacial score (nSPS) is 21.2. The van der Waals surface area contributed by atoms with Crippen LogP contribution in [0, 0.1) is 5.92 Å². The second kappa shape index (κ2) is 9.75. The predicted molar refractivity (Wildman–Crippen MR) is 98.0 cm³/mol. The van der Waals surface area contributed by atoms with E-state index in [-0.39, 0.29) is 18.6 Å². The average Bonchev–Trinajstić information content (AvgIpc) is 2.69. The second-order valence-corrected chi connectivity index (χ2v) is 7.28. The summed E-state index contributed by atoms with van der Waals surface area (Å²) in [5.74, 6) is -0.0972. The number of rotatable bonds is 7. The summed E-state index contributed by atoms with van der Waals surface area (Å²) in [4.78, 5) is 33.7. The van der Waals surface area contributed by atoms with Gasteiger partial charge in [-0.25, -0.2) is 9.97 Å². The van der Waals surface area contributed by atoms with E-state index in [0.717, 1.165) is 32.3 Å². The molecule has 0 saturated carbocycles. The molecule has 2 aliphatic heterocycles. The van der Waals surface area contributed by atoms with E-state index in [0.29, 0.717) is 43.3 Å². The van der Waals surface area contributed by atoms with E-state index >= 15 is 0 Å². The van der Waals surface area contributed by atoms with Gasteiger partial charge in [0, 0.05) is 25.9 Å². The number of piperidine rings is 1. The first-order chi connectivity index (χ1) is 13.1. The SMILES string of the molecule is NC(=O)c1cncnc1CC1CCN(C(=O)COCC2CCCCO2)CC1. The summed E-state index contributed by atoms with van der Waals surface area (Å²) in [6.45, 7) is 2.79. The zero-order valence-electron chi connectivity index (χ0n) is 15.6. The smallest absolute Gasteiger partial charge is 0.252 e. The average molecular weight is 376 g/mol. The molecule has 0 radical (unpaired) electrons. The number of likely N-dealkylation sites (tertiary alicyclic amines) is 1. The Hall–Kier alpha value is -2.06. The molecule has 0 aromatic carbocycles. The molecular formula is C19H28N4O4. The molecule has 2 N–H and O–H groups in total. The van der Waals surface area contributed by atoms with Crippen LogP contribution < -0.4 is 5.73 Å². The predicted octanol–water partition coefficient (Wildman–Crippen LogP) is 0.942. The molecule has 0 aliphatic carbocycles. The highest BCUT2D eigenvalue weighted by Gasteiger charge is 2.25. The van der Waals surface area contributed by atoms with Crippen LogP contribution in [-0.2, 0) is 20.7 Å². The quantitative estimate of drug-likeness (QED) is 0.759. The van der Waals surface area contributed by atoms with Crippen LogP contribution >= 0.6 is 0 Å². The van der Waals surface area contributed by atoms with Gasteiger partial charge in [0.2, 0.25) is 5.91 Å². The lowest BCUT2D eigenvalue weighted by Gasteiger charge is -2.32. The third-order valence-corrected chi connectivity index (χ3v) is 5.31.